The van der Waals surface area contributed by atoms with E-state index in [4.69, 9.17) is 9.47 Å². The van der Waals surface area contributed by atoms with E-state index in [0.717, 1.165) is 0 Å². The Morgan fingerprint density at radius 2 is 1.94 bits per heavy atom. The summed E-state index contributed by atoms with van der Waals surface area (Å²) in [5, 5.41) is 12.7. The molecule has 0 amide bonds. The average molecular weight is 261 g/mol. The van der Waals surface area contributed by atoms with Crippen molar-refractivity contribution < 1.29 is 23.4 Å². The van der Waals surface area contributed by atoms with Gasteiger partial charge < -0.3 is 19.9 Å². The third-order valence-corrected chi connectivity index (χ3v) is 2.54. The molecule has 6 heteroatoms. The first-order chi connectivity index (χ1) is 8.54. The summed E-state index contributed by atoms with van der Waals surface area (Å²) in [6, 6.07) is 2.44. The van der Waals surface area contributed by atoms with E-state index in [2.05, 4.69) is 5.32 Å². The van der Waals surface area contributed by atoms with Crippen LogP contribution in [-0.2, 0) is 0 Å². The zero-order valence-corrected chi connectivity index (χ0v) is 10.5. The van der Waals surface area contributed by atoms with E-state index in [-0.39, 0.29) is 29.2 Å². The van der Waals surface area contributed by atoms with Crippen molar-refractivity contribution in [1.29, 1.82) is 0 Å². The number of aliphatic hydroxyl groups excluding tert-OH is 1. The van der Waals surface area contributed by atoms with Gasteiger partial charge in [-0.3, -0.25) is 0 Å². The van der Waals surface area contributed by atoms with Crippen LogP contribution in [0.25, 0.3) is 0 Å². The number of hydrogen-bond donors (Lipinski definition) is 2. The molecule has 0 aliphatic heterocycles. The van der Waals surface area contributed by atoms with E-state index < -0.39 is 12.5 Å². The Morgan fingerprint density at radius 3 is 2.39 bits per heavy atom. The van der Waals surface area contributed by atoms with Crippen molar-refractivity contribution in [2.24, 2.45) is 0 Å². The molecule has 4 nitrogen and oxygen atoms in total. The van der Waals surface area contributed by atoms with E-state index in [1.165, 1.54) is 26.4 Å². The zero-order valence-electron chi connectivity index (χ0n) is 10.5. The molecule has 0 aliphatic rings. The molecular formula is C12H17F2NO3. The number of hydrogen-bond acceptors (Lipinski definition) is 4. The first-order valence-electron chi connectivity index (χ1n) is 5.41. The maximum Gasteiger partial charge on any atom is 0.263 e. The predicted octanol–water partition coefficient (Wildman–Crippen LogP) is 1.89. The number of rotatable bonds is 6. The van der Waals surface area contributed by atoms with Gasteiger partial charge in [0.15, 0.2) is 11.5 Å². The standard InChI is InChI=1S/C12H17F2NO3/c1-15-6-9(16)8-4-7(12(13)14)5-10(17-2)11(8)18-3/h4-5,9,12,15-16H,6H2,1-3H3. The van der Waals surface area contributed by atoms with Crippen molar-refractivity contribution in [3.63, 3.8) is 0 Å². The highest BCUT2D eigenvalue weighted by Gasteiger charge is 2.21. The molecule has 0 aliphatic carbocycles. The van der Waals surface area contributed by atoms with Crippen molar-refractivity contribution in [1.82, 2.24) is 5.32 Å². The lowest BCUT2D eigenvalue weighted by atomic mass is 10.0. The van der Waals surface area contributed by atoms with Crippen LogP contribution in [0.15, 0.2) is 12.1 Å². The van der Waals surface area contributed by atoms with Gasteiger partial charge in [-0.2, -0.15) is 0 Å². The van der Waals surface area contributed by atoms with Crippen LogP contribution in [0.5, 0.6) is 11.5 Å². The van der Waals surface area contributed by atoms with Gasteiger partial charge in [-0.25, -0.2) is 8.78 Å². The minimum atomic E-state index is -2.63. The summed E-state index contributed by atoms with van der Waals surface area (Å²) in [4.78, 5) is 0. The number of benzene rings is 1. The zero-order chi connectivity index (χ0) is 13.7. The first kappa shape index (κ1) is 14.7. The van der Waals surface area contributed by atoms with Gasteiger partial charge >= 0.3 is 0 Å². The summed E-state index contributed by atoms with van der Waals surface area (Å²) in [5.41, 5.74) is 0.0688. The minimum Gasteiger partial charge on any atom is -0.493 e. The first-order valence-corrected chi connectivity index (χ1v) is 5.41. The lowest BCUT2D eigenvalue weighted by Gasteiger charge is -2.18. The third kappa shape index (κ3) is 3.08. The second kappa shape index (κ2) is 6.51. The smallest absolute Gasteiger partial charge is 0.263 e. The third-order valence-electron chi connectivity index (χ3n) is 2.54. The Balaban J connectivity index is 3.30. The lowest BCUT2D eigenvalue weighted by molar-refractivity contribution is 0.148. The molecule has 2 N–H and O–H groups in total. The molecule has 0 aromatic heterocycles. The van der Waals surface area contributed by atoms with E-state index in [1.54, 1.807) is 7.05 Å². The van der Waals surface area contributed by atoms with Crippen LogP contribution in [0.1, 0.15) is 23.7 Å². The molecular weight excluding hydrogens is 244 g/mol. The van der Waals surface area contributed by atoms with Gasteiger partial charge in [0.25, 0.3) is 6.43 Å². The number of ether oxygens (including phenoxy) is 2. The van der Waals surface area contributed by atoms with Crippen LogP contribution in [0.3, 0.4) is 0 Å². The topological polar surface area (TPSA) is 50.7 Å². The Kier molecular flexibility index (Phi) is 5.30. The molecule has 102 valence electrons. The van der Waals surface area contributed by atoms with Crippen molar-refractivity contribution in [3.05, 3.63) is 23.3 Å². The molecule has 1 atom stereocenters. The molecule has 1 aromatic carbocycles. The molecule has 0 heterocycles. The van der Waals surface area contributed by atoms with Crippen LogP contribution in [-0.4, -0.2) is 32.9 Å². The summed E-state index contributed by atoms with van der Waals surface area (Å²) >= 11 is 0. The van der Waals surface area contributed by atoms with Gasteiger partial charge in [0, 0.05) is 17.7 Å². The molecule has 1 rings (SSSR count). The van der Waals surface area contributed by atoms with Gasteiger partial charge in [-0.05, 0) is 19.2 Å². The quantitative estimate of drug-likeness (QED) is 0.821. The Bertz CT molecular complexity index is 399. The number of methoxy groups -OCH3 is 2. The lowest BCUT2D eigenvalue weighted by Crippen LogP contribution is -2.17. The molecule has 0 saturated heterocycles. The van der Waals surface area contributed by atoms with Crippen molar-refractivity contribution in [2.45, 2.75) is 12.5 Å². The fourth-order valence-corrected chi connectivity index (χ4v) is 1.69. The van der Waals surface area contributed by atoms with Gasteiger partial charge in [-0.1, -0.05) is 0 Å². The van der Waals surface area contributed by atoms with Gasteiger partial charge in [0.05, 0.1) is 20.3 Å². The fourth-order valence-electron chi connectivity index (χ4n) is 1.69. The van der Waals surface area contributed by atoms with Crippen LogP contribution in [0, 0.1) is 0 Å². The second-order valence-corrected chi connectivity index (χ2v) is 3.72. The second-order valence-electron chi connectivity index (χ2n) is 3.72. The maximum absolute atomic E-state index is 12.8. The molecule has 18 heavy (non-hydrogen) atoms. The molecule has 0 radical (unpaired) electrons. The summed E-state index contributed by atoms with van der Waals surface area (Å²) < 4.78 is 35.6. The molecule has 1 aromatic rings. The SMILES string of the molecule is CNCC(O)c1cc(C(F)F)cc(OC)c1OC. The highest BCUT2D eigenvalue weighted by Crippen LogP contribution is 2.38. The normalized spacial score (nSPS) is 12.6. The summed E-state index contributed by atoms with van der Waals surface area (Å²) in [6.45, 7) is 0.228. The van der Waals surface area contributed by atoms with E-state index >= 15 is 0 Å². The Morgan fingerprint density at radius 1 is 1.28 bits per heavy atom. The Hall–Kier alpha value is -1.40. The molecule has 1 unspecified atom stereocenters. The minimum absolute atomic E-state index is 0.181. The highest BCUT2D eigenvalue weighted by atomic mass is 19.3. The molecule has 0 bridgehead atoms. The summed E-state index contributed by atoms with van der Waals surface area (Å²) in [5.74, 6) is 0.449. The highest BCUT2D eigenvalue weighted by molar-refractivity contribution is 5.51. The number of nitrogens with one attached hydrogen (secondary N) is 1. The summed E-state index contributed by atoms with van der Waals surface area (Å²) in [6.07, 6.45) is -3.58. The largest absolute Gasteiger partial charge is 0.493 e. The van der Waals surface area contributed by atoms with Gasteiger partial charge in [-0.15, -0.1) is 0 Å². The Labute approximate surface area is 105 Å². The number of likely N-dealkylation sites (N-methyl/N-ethyl adjacent to an activating group) is 1. The molecule has 0 saturated carbocycles. The van der Waals surface area contributed by atoms with Crippen molar-refractivity contribution in [2.75, 3.05) is 27.8 Å². The monoisotopic (exact) mass is 261 g/mol. The van der Waals surface area contributed by atoms with Crippen LogP contribution in [0.2, 0.25) is 0 Å². The van der Waals surface area contributed by atoms with Crippen molar-refractivity contribution in [3.8, 4) is 11.5 Å². The van der Waals surface area contributed by atoms with Gasteiger partial charge in [0.2, 0.25) is 0 Å². The van der Waals surface area contributed by atoms with E-state index in [0.29, 0.717) is 0 Å². The number of halogens is 2. The maximum atomic E-state index is 12.8. The van der Waals surface area contributed by atoms with Gasteiger partial charge in [0.1, 0.15) is 0 Å². The van der Waals surface area contributed by atoms with Crippen LogP contribution < -0.4 is 14.8 Å². The van der Waals surface area contributed by atoms with Crippen molar-refractivity contribution >= 4 is 0 Å². The molecule has 0 spiro atoms. The van der Waals surface area contributed by atoms with Crippen LogP contribution in [0.4, 0.5) is 8.78 Å². The number of aliphatic hydroxyl groups is 1. The van der Waals surface area contributed by atoms with Crippen LogP contribution >= 0.6 is 0 Å². The predicted molar refractivity (Wildman–Crippen MR) is 63.4 cm³/mol. The van der Waals surface area contributed by atoms with E-state index in [1.807, 2.05) is 0 Å². The number of alkyl halides is 2. The summed E-state index contributed by atoms with van der Waals surface area (Å²) in [7, 11) is 4.42. The van der Waals surface area contributed by atoms with E-state index in [9.17, 15) is 13.9 Å². The average Bonchev–Trinajstić information content (AvgIpc) is 2.37. The fraction of sp³-hybridized carbons (Fsp3) is 0.500. The molecule has 0 fully saturated rings.